The summed E-state index contributed by atoms with van der Waals surface area (Å²) in [7, 11) is 0. The first-order valence-electron chi connectivity index (χ1n) is 5.74. The number of fused-ring (bicyclic) bond motifs is 1. The molecule has 0 spiro atoms. The second-order valence-electron chi connectivity index (χ2n) is 4.15. The fraction of sp³-hybridized carbons (Fsp3) is 0.0667. The van der Waals surface area contributed by atoms with Crippen LogP contribution in [0.3, 0.4) is 0 Å². The molecule has 0 aliphatic heterocycles. The molecule has 84 valence electrons. The molecule has 2 aromatic carbocycles. The van der Waals surface area contributed by atoms with Crippen LogP contribution in [-0.2, 0) is 6.54 Å². The fourth-order valence-electron chi connectivity index (χ4n) is 2.13. The second-order valence-corrected chi connectivity index (χ2v) is 4.15. The molecule has 1 heterocycles. The van der Waals surface area contributed by atoms with Gasteiger partial charge in [-0.15, -0.1) is 0 Å². The lowest BCUT2D eigenvalue weighted by Gasteiger charge is -2.01. The predicted molar refractivity (Wildman–Crippen MR) is 71.6 cm³/mol. The molecule has 0 saturated heterocycles. The molecule has 0 aliphatic carbocycles. The van der Waals surface area contributed by atoms with Crippen LogP contribution in [0.4, 0.5) is 0 Å². The number of benzene rings is 2. The monoisotopic (exact) mass is 222 g/mol. The summed E-state index contributed by atoms with van der Waals surface area (Å²) in [6.45, 7) is 0.591. The maximum atomic E-state index is 5.60. The standard InChI is InChI=1S/C15H14N2/c16-9-11-5-7-12(8-6-11)14-10-17-15-4-2-1-3-13(14)15/h1-8,10,17H,9,16H2. The van der Waals surface area contributed by atoms with Gasteiger partial charge in [-0.1, -0.05) is 42.5 Å². The molecule has 1 aromatic heterocycles. The van der Waals surface area contributed by atoms with E-state index in [1.54, 1.807) is 0 Å². The summed E-state index contributed by atoms with van der Waals surface area (Å²) >= 11 is 0. The van der Waals surface area contributed by atoms with Crippen LogP contribution in [0.2, 0.25) is 0 Å². The number of aromatic amines is 1. The van der Waals surface area contributed by atoms with Gasteiger partial charge in [-0.05, 0) is 17.2 Å². The van der Waals surface area contributed by atoms with Gasteiger partial charge in [-0.25, -0.2) is 0 Å². The van der Waals surface area contributed by atoms with Crippen LogP contribution in [0.1, 0.15) is 5.56 Å². The molecule has 0 amide bonds. The smallest absolute Gasteiger partial charge is 0.0460 e. The molecule has 3 rings (SSSR count). The van der Waals surface area contributed by atoms with Crippen LogP contribution >= 0.6 is 0 Å². The van der Waals surface area contributed by atoms with Crippen LogP contribution in [0.15, 0.2) is 54.7 Å². The van der Waals surface area contributed by atoms with Gasteiger partial charge in [0.1, 0.15) is 0 Å². The Hall–Kier alpha value is -2.06. The van der Waals surface area contributed by atoms with E-state index in [1.807, 2.05) is 6.07 Å². The third-order valence-corrected chi connectivity index (χ3v) is 3.09. The Labute approximate surface area is 100 Å². The normalized spacial score (nSPS) is 10.9. The molecule has 0 fully saturated rings. The highest BCUT2D eigenvalue weighted by Gasteiger charge is 2.04. The van der Waals surface area contributed by atoms with Crippen molar-refractivity contribution in [1.82, 2.24) is 4.98 Å². The molecular formula is C15H14N2. The number of H-pyrrole nitrogens is 1. The number of para-hydroxylation sites is 1. The summed E-state index contributed by atoms with van der Waals surface area (Å²) in [5.41, 5.74) is 10.4. The van der Waals surface area contributed by atoms with Gasteiger partial charge in [0.05, 0.1) is 0 Å². The molecule has 0 unspecified atom stereocenters. The van der Waals surface area contributed by atoms with Crippen LogP contribution < -0.4 is 5.73 Å². The zero-order valence-electron chi connectivity index (χ0n) is 9.48. The van der Waals surface area contributed by atoms with Crippen molar-refractivity contribution in [2.75, 3.05) is 0 Å². The number of hydrogen-bond acceptors (Lipinski definition) is 1. The molecule has 0 saturated carbocycles. The van der Waals surface area contributed by atoms with E-state index < -0.39 is 0 Å². The molecule has 2 heteroatoms. The fourth-order valence-corrected chi connectivity index (χ4v) is 2.13. The Morgan fingerprint density at radius 2 is 1.71 bits per heavy atom. The lowest BCUT2D eigenvalue weighted by atomic mass is 10.0. The van der Waals surface area contributed by atoms with Crippen LogP contribution in [0, 0.1) is 0 Å². The summed E-state index contributed by atoms with van der Waals surface area (Å²) in [4.78, 5) is 3.29. The first-order valence-corrected chi connectivity index (χ1v) is 5.74. The highest BCUT2D eigenvalue weighted by atomic mass is 14.7. The van der Waals surface area contributed by atoms with Crippen molar-refractivity contribution < 1.29 is 0 Å². The number of nitrogens with two attached hydrogens (primary N) is 1. The first-order chi connectivity index (χ1) is 8.38. The molecule has 17 heavy (non-hydrogen) atoms. The minimum atomic E-state index is 0.591. The number of rotatable bonds is 2. The quantitative estimate of drug-likeness (QED) is 0.686. The zero-order valence-corrected chi connectivity index (χ0v) is 9.48. The average Bonchev–Trinajstić information content (AvgIpc) is 2.83. The second kappa shape index (κ2) is 4.07. The Bertz CT molecular complexity index is 635. The van der Waals surface area contributed by atoms with E-state index in [-0.39, 0.29) is 0 Å². The van der Waals surface area contributed by atoms with Gasteiger partial charge in [0.2, 0.25) is 0 Å². The van der Waals surface area contributed by atoms with Crippen LogP contribution in [-0.4, -0.2) is 4.98 Å². The van der Waals surface area contributed by atoms with Gasteiger partial charge in [0.25, 0.3) is 0 Å². The summed E-state index contributed by atoms with van der Waals surface area (Å²) in [6.07, 6.45) is 2.06. The largest absolute Gasteiger partial charge is 0.361 e. The van der Waals surface area contributed by atoms with Gasteiger partial charge in [-0.2, -0.15) is 0 Å². The van der Waals surface area contributed by atoms with E-state index in [4.69, 9.17) is 5.73 Å². The van der Waals surface area contributed by atoms with E-state index >= 15 is 0 Å². The minimum Gasteiger partial charge on any atom is -0.361 e. The van der Waals surface area contributed by atoms with Gasteiger partial charge in [-0.3, -0.25) is 0 Å². The van der Waals surface area contributed by atoms with E-state index in [2.05, 4.69) is 53.6 Å². The first kappa shape index (κ1) is 10.1. The Kier molecular flexibility index (Phi) is 2.42. The van der Waals surface area contributed by atoms with Crippen molar-refractivity contribution in [1.29, 1.82) is 0 Å². The van der Waals surface area contributed by atoms with Crippen molar-refractivity contribution in [2.45, 2.75) is 6.54 Å². The van der Waals surface area contributed by atoms with Gasteiger partial charge < -0.3 is 10.7 Å². The SMILES string of the molecule is NCc1ccc(-c2c[nH]c3ccccc23)cc1. The van der Waals surface area contributed by atoms with Crippen LogP contribution in [0.25, 0.3) is 22.0 Å². The maximum absolute atomic E-state index is 5.60. The highest BCUT2D eigenvalue weighted by molar-refractivity contribution is 5.95. The average molecular weight is 222 g/mol. The lowest BCUT2D eigenvalue weighted by molar-refractivity contribution is 1.07. The maximum Gasteiger partial charge on any atom is 0.0460 e. The topological polar surface area (TPSA) is 41.8 Å². The lowest BCUT2D eigenvalue weighted by Crippen LogP contribution is -1.94. The Morgan fingerprint density at radius 3 is 2.47 bits per heavy atom. The molecule has 2 nitrogen and oxygen atoms in total. The predicted octanol–water partition coefficient (Wildman–Crippen LogP) is 3.29. The Balaban J connectivity index is 2.13. The van der Waals surface area contributed by atoms with Crippen molar-refractivity contribution in [3.63, 3.8) is 0 Å². The van der Waals surface area contributed by atoms with E-state index in [9.17, 15) is 0 Å². The van der Waals surface area contributed by atoms with Crippen molar-refractivity contribution in [3.05, 3.63) is 60.3 Å². The molecule has 0 aliphatic rings. The molecule has 0 radical (unpaired) electrons. The third kappa shape index (κ3) is 1.73. The van der Waals surface area contributed by atoms with Crippen molar-refractivity contribution in [3.8, 4) is 11.1 Å². The summed E-state index contributed by atoms with van der Waals surface area (Å²) in [5, 5.41) is 1.26. The molecule has 3 aromatic rings. The van der Waals surface area contributed by atoms with Gasteiger partial charge in [0, 0.05) is 29.2 Å². The summed E-state index contributed by atoms with van der Waals surface area (Å²) in [6, 6.07) is 16.7. The van der Waals surface area contributed by atoms with Gasteiger partial charge >= 0.3 is 0 Å². The summed E-state index contributed by atoms with van der Waals surface area (Å²) < 4.78 is 0. The Morgan fingerprint density at radius 1 is 0.941 bits per heavy atom. The highest BCUT2D eigenvalue weighted by Crippen LogP contribution is 2.28. The number of hydrogen-bond donors (Lipinski definition) is 2. The molecule has 0 atom stereocenters. The third-order valence-electron chi connectivity index (χ3n) is 3.09. The molecule has 3 N–H and O–H groups in total. The van der Waals surface area contributed by atoms with E-state index in [1.165, 1.54) is 22.0 Å². The minimum absolute atomic E-state index is 0.591. The molecular weight excluding hydrogens is 208 g/mol. The van der Waals surface area contributed by atoms with Crippen molar-refractivity contribution in [2.24, 2.45) is 5.73 Å². The zero-order chi connectivity index (χ0) is 11.7. The van der Waals surface area contributed by atoms with E-state index in [0.29, 0.717) is 6.54 Å². The molecule has 0 bridgehead atoms. The van der Waals surface area contributed by atoms with Crippen molar-refractivity contribution >= 4 is 10.9 Å². The van der Waals surface area contributed by atoms with Gasteiger partial charge in [0.15, 0.2) is 0 Å². The number of aromatic nitrogens is 1. The number of nitrogens with one attached hydrogen (secondary N) is 1. The summed E-state index contributed by atoms with van der Waals surface area (Å²) in [5.74, 6) is 0. The van der Waals surface area contributed by atoms with Crippen LogP contribution in [0.5, 0.6) is 0 Å². The van der Waals surface area contributed by atoms with E-state index in [0.717, 1.165) is 5.56 Å².